The molecule has 9 heteroatoms. The molecule has 0 bridgehead atoms. The largest absolute Gasteiger partial charge is 0.463 e. The number of nitrogens with two attached hydrogens (primary N) is 1. The first-order valence-electron chi connectivity index (χ1n) is 9.03. The van der Waals surface area contributed by atoms with E-state index in [1.165, 1.54) is 6.42 Å². The molecule has 2 aromatic rings. The zero-order chi connectivity index (χ0) is 18.8. The van der Waals surface area contributed by atoms with Gasteiger partial charge in [-0.25, -0.2) is 0 Å². The molecular weight excluding hydrogens is 338 g/mol. The van der Waals surface area contributed by atoms with Crippen molar-refractivity contribution >= 4 is 16.9 Å². The molecule has 0 aromatic carbocycles. The van der Waals surface area contributed by atoms with Crippen molar-refractivity contribution in [3.05, 3.63) is 5.69 Å². The Kier molecular flexibility index (Phi) is 5.59. The van der Waals surface area contributed by atoms with Crippen LogP contribution in [0.5, 0.6) is 6.01 Å². The minimum absolute atomic E-state index is 0.190. The van der Waals surface area contributed by atoms with E-state index >= 15 is 0 Å². The van der Waals surface area contributed by atoms with E-state index in [0.717, 1.165) is 12.8 Å². The average Bonchev–Trinajstić information content (AvgIpc) is 3.02. The van der Waals surface area contributed by atoms with E-state index in [4.69, 9.17) is 10.5 Å². The van der Waals surface area contributed by atoms with E-state index in [1.807, 2.05) is 0 Å². The summed E-state index contributed by atoms with van der Waals surface area (Å²) in [4.78, 5) is 8.56. The molecule has 4 atom stereocenters. The van der Waals surface area contributed by atoms with Crippen molar-refractivity contribution < 1.29 is 20.1 Å². The second kappa shape index (κ2) is 7.73. The number of hydrogen-bond acceptors (Lipinski definition) is 8. The number of rotatable bonds is 8. The van der Waals surface area contributed by atoms with Crippen LogP contribution in [0.3, 0.4) is 0 Å². The number of nitrogen functional groups attached to an aromatic ring is 1. The van der Waals surface area contributed by atoms with Gasteiger partial charge in [0.2, 0.25) is 0 Å². The van der Waals surface area contributed by atoms with Crippen LogP contribution in [0.4, 0.5) is 5.82 Å². The van der Waals surface area contributed by atoms with E-state index in [9.17, 15) is 15.3 Å². The molecule has 26 heavy (non-hydrogen) atoms. The Morgan fingerprint density at radius 2 is 1.96 bits per heavy atom. The number of anilines is 1. The third-order valence-electron chi connectivity index (χ3n) is 5.28. The Morgan fingerprint density at radius 3 is 2.58 bits per heavy atom. The summed E-state index contributed by atoms with van der Waals surface area (Å²) in [6, 6.07) is 0.190. The van der Waals surface area contributed by atoms with E-state index in [0.29, 0.717) is 29.3 Å². The number of aromatic nitrogens is 4. The highest BCUT2D eigenvalue weighted by Gasteiger charge is 2.31. The summed E-state index contributed by atoms with van der Waals surface area (Å²) in [5, 5.41) is 36.8. The number of aromatic amines is 1. The lowest BCUT2D eigenvalue weighted by atomic mass is 9.86. The molecule has 0 aliphatic heterocycles. The topological polar surface area (TPSA) is 150 Å². The average molecular weight is 365 g/mol. The number of ether oxygens (including phenoxy) is 1. The lowest BCUT2D eigenvalue weighted by Gasteiger charge is -2.26. The summed E-state index contributed by atoms with van der Waals surface area (Å²) in [6.07, 6.45) is 1.33. The number of aliphatic hydroxyl groups excluding tert-OH is 3. The smallest absolute Gasteiger partial charge is 0.319 e. The van der Waals surface area contributed by atoms with Gasteiger partial charge in [-0.2, -0.15) is 15.1 Å². The molecule has 1 aliphatic carbocycles. The van der Waals surface area contributed by atoms with Crippen molar-refractivity contribution in [2.45, 2.75) is 51.2 Å². The number of fused-ring (bicyclic) bond motifs is 1. The number of nitrogens with zero attached hydrogens (tertiary/aromatic N) is 3. The predicted octanol–water partition coefficient (Wildman–Crippen LogP) is 0.568. The predicted molar refractivity (Wildman–Crippen MR) is 95.6 cm³/mol. The third-order valence-corrected chi connectivity index (χ3v) is 5.28. The molecule has 0 spiro atoms. The minimum atomic E-state index is -1.11. The van der Waals surface area contributed by atoms with Crippen LogP contribution in [0, 0.1) is 11.8 Å². The lowest BCUT2D eigenvalue weighted by molar-refractivity contribution is -0.0370. The summed E-state index contributed by atoms with van der Waals surface area (Å²) < 4.78 is 5.68. The fraction of sp³-hybridized carbons (Fsp3) is 0.706. The van der Waals surface area contributed by atoms with Crippen LogP contribution in [-0.4, -0.2) is 60.9 Å². The molecule has 0 unspecified atom stereocenters. The van der Waals surface area contributed by atoms with Crippen LogP contribution in [0.2, 0.25) is 0 Å². The molecule has 2 aromatic heterocycles. The molecule has 0 saturated heterocycles. The van der Waals surface area contributed by atoms with Crippen LogP contribution >= 0.6 is 0 Å². The Labute approximate surface area is 151 Å². The highest BCUT2D eigenvalue weighted by atomic mass is 16.5. The quantitative estimate of drug-likeness (QED) is 0.455. The SMILES string of the molecule is C[C@H](CO)[C@@H](O)[C@@H](O)[C@@H](C)c1n[nH]c2c(N)nc(OCC3CCC3)nc12. The van der Waals surface area contributed by atoms with Crippen molar-refractivity contribution in [3.63, 3.8) is 0 Å². The monoisotopic (exact) mass is 365 g/mol. The summed E-state index contributed by atoms with van der Waals surface area (Å²) in [7, 11) is 0. The Bertz CT molecular complexity index is 748. The van der Waals surface area contributed by atoms with Crippen LogP contribution in [-0.2, 0) is 0 Å². The van der Waals surface area contributed by atoms with E-state index in [2.05, 4.69) is 20.2 Å². The maximum absolute atomic E-state index is 10.5. The first-order valence-corrected chi connectivity index (χ1v) is 9.03. The second-order valence-corrected chi connectivity index (χ2v) is 7.26. The number of hydrogen-bond donors (Lipinski definition) is 5. The van der Waals surface area contributed by atoms with E-state index in [1.54, 1.807) is 13.8 Å². The van der Waals surface area contributed by atoms with Crippen molar-refractivity contribution in [3.8, 4) is 6.01 Å². The highest BCUT2D eigenvalue weighted by Crippen LogP contribution is 2.31. The Hall–Kier alpha value is -1.97. The van der Waals surface area contributed by atoms with Crippen LogP contribution in [0.15, 0.2) is 0 Å². The molecule has 3 rings (SSSR count). The number of aliphatic hydroxyl groups is 3. The highest BCUT2D eigenvalue weighted by molar-refractivity contribution is 5.86. The van der Waals surface area contributed by atoms with Crippen molar-refractivity contribution in [1.29, 1.82) is 0 Å². The molecule has 2 heterocycles. The van der Waals surface area contributed by atoms with Crippen molar-refractivity contribution in [2.75, 3.05) is 18.9 Å². The van der Waals surface area contributed by atoms with Gasteiger partial charge in [-0.05, 0) is 18.8 Å². The lowest BCUT2D eigenvalue weighted by Crippen LogP contribution is -2.37. The molecule has 1 aliphatic rings. The summed E-state index contributed by atoms with van der Waals surface area (Å²) >= 11 is 0. The number of H-pyrrole nitrogens is 1. The Morgan fingerprint density at radius 1 is 1.23 bits per heavy atom. The van der Waals surface area contributed by atoms with Crippen LogP contribution < -0.4 is 10.5 Å². The first-order chi connectivity index (χ1) is 12.4. The zero-order valence-corrected chi connectivity index (χ0v) is 15.1. The maximum Gasteiger partial charge on any atom is 0.319 e. The van der Waals surface area contributed by atoms with Gasteiger partial charge in [-0.3, -0.25) is 5.10 Å². The molecule has 9 nitrogen and oxygen atoms in total. The van der Waals surface area contributed by atoms with Gasteiger partial charge < -0.3 is 25.8 Å². The van der Waals surface area contributed by atoms with Gasteiger partial charge in [0.25, 0.3) is 0 Å². The van der Waals surface area contributed by atoms with Gasteiger partial charge in [0, 0.05) is 18.4 Å². The van der Waals surface area contributed by atoms with Gasteiger partial charge in [0.1, 0.15) is 11.0 Å². The van der Waals surface area contributed by atoms with Crippen molar-refractivity contribution in [1.82, 2.24) is 20.2 Å². The molecule has 1 fully saturated rings. The molecule has 0 radical (unpaired) electrons. The molecule has 0 amide bonds. The summed E-state index contributed by atoms with van der Waals surface area (Å²) in [5.74, 6) is -0.223. The maximum atomic E-state index is 10.5. The van der Waals surface area contributed by atoms with Gasteiger partial charge in [0.05, 0.1) is 24.5 Å². The van der Waals surface area contributed by atoms with Gasteiger partial charge >= 0.3 is 6.01 Å². The van der Waals surface area contributed by atoms with E-state index in [-0.39, 0.29) is 18.4 Å². The molecular formula is C17H27N5O4. The van der Waals surface area contributed by atoms with Crippen LogP contribution in [0.1, 0.15) is 44.7 Å². The first kappa shape index (κ1) is 18.8. The van der Waals surface area contributed by atoms with Crippen LogP contribution in [0.25, 0.3) is 11.0 Å². The van der Waals surface area contributed by atoms with Gasteiger partial charge in [0.15, 0.2) is 5.82 Å². The van der Waals surface area contributed by atoms with Gasteiger partial charge in [-0.15, -0.1) is 0 Å². The fourth-order valence-corrected chi connectivity index (χ4v) is 3.06. The van der Waals surface area contributed by atoms with Gasteiger partial charge in [-0.1, -0.05) is 20.3 Å². The fourth-order valence-electron chi connectivity index (χ4n) is 3.06. The number of nitrogens with one attached hydrogen (secondary N) is 1. The normalized spacial score (nSPS) is 19.7. The standard InChI is InChI=1S/C17H27N5O4/c1-8(6-23)14(24)15(25)9(2)11-12-13(22-21-11)16(18)20-17(19-12)26-7-10-4-3-5-10/h8-10,14-15,23-25H,3-7H2,1-2H3,(H,21,22)(H2,18,19,20)/t8-,9+,14-,15+/m1/s1. The minimum Gasteiger partial charge on any atom is -0.463 e. The second-order valence-electron chi connectivity index (χ2n) is 7.26. The molecule has 1 saturated carbocycles. The van der Waals surface area contributed by atoms with Crippen molar-refractivity contribution in [2.24, 2.45) is 11.8 Å². The third kappa shape index (κ3) is 3.60. The Balaban J connectivity index is 1.84. The molecule has 6 N–H and O–H groups in total. The summed E-state index contributed by atoms with van der Waals surface area (Å²) in [6.45, 7) is 3.74. The summed E-state index contributed by atoms with van der Waals surface area (Å²) in [5.41, 5.74) is 7.39. The zero-order valence-electron chi connectivity index (χ0n) is 15.1. The molecule has 144 valence electrons. The van der Waals surface area contributed by atoms with E-state index < -0.39 is 24.0 Å².